The van der Waals surface area contributed by atoms with Crippen LogP contribution in [0.15, 0.2) is 30.3 Å². The smallest absolute Gasteiger partial charge is 0.227 e. The molecule has 0 bridgehead atoms. The van der Waals surface area contributed by atoms with Gasteiger partial charge in [0.25, 0.3) is 0 Å². The van der Waals surface area contributed by atoms with Gasteiger partial charge in [-0.25, -0.2) is 0 Å². The second kappa shape index (κ2) is 7.44. The van der Waals surface area contributed by atoms with Crippen LogP contribution in [0.3, 0.4) is 0 Å². The lowest BCUT2D eigenvalue weighted by Crippen LogP contribution is -2.42. The molecule has 1 aliphatic rings. The molecule has 2 rings (SSSR count). The molecule has 1 aromatic carbocycles. The van der Waals surface area contributed by atoms with Gasteiger partial charge in [-0.05, 0) is 31.2 Å². The number of carbonyl (C=O) groups is 1. The average molecular weight is 274 g/mol. The highest BCUT2D eigenvalue weighted by atomic mass is 16.2. The number of likely N-dealkylation sites (tertiary alicyclic amines) is 1. The first kappa shape index (κ1) is 15.0. The number of nitrogens with two attached hydrogens (primary N) is 1. The fraction of sp³-hybridized carbons (Fsp3) is 0.588. The first-order valence-corrected chi connectivity index (χ1v) is 7.80. The van der Waals surface area contributed by atoms with Crippen molar-refractivity contribution in [2.75, 3.05) is 13.1 Å². The third kappa shape index (κ3) is 3.60. The average Bonchev–Trinajstić information content (AvgIpc) is 2.93. The van der Waals surface area contributed by atoms with Gasteiger partial charge in [-0.3, -0.25) is 4.79 Å². The van der Waals surface area contributed by atoms with Crippen LogP contribution in [-0.4, -0.2) is 29.9 Å². The van der Waals surface area contributed by atoms with E-state index in [1.54, 1.807) is 0 Å². The summed E-state index contributed by atoms with van der Waals surface area (Å²) in [6.45, 7) is 3.49. The molecule has 110 valence electrons. The first-order valence-electron chi connectivity index (χ1n) is 7.80. The fourth-order valence-corrected chi connectivity index (χ4v) is 3.15. The van der Waals surface area contributed by atoms with Gasteiger partial charge in [0, 0.05) is 19.1 Å². The minimum atomic E-state index is 0.0105. The highest BCUT2D eigenvalue weighted by molar-refractivity contribution is 5.79. The van der Waals surface area contributed by atoms with Gasteiger partial charge in [-0.1, -0.05) is 43.7 Å². The monoisotopic (exact) mass is 274 g/mol. The van der Waals surface area contributed by atoms with E-state index in [0.717, 1.165) is 38.6 Å². The van der Waals surface area contributed by atoms with Crippen molar-refractivity contribution in [2.45, 2.75) is 45.1 Å². The van der Waals surface area contributed by atoms with E-state index in [1.165, 1.54) is 5.56 Å². The van der Waals surface area contributed by atoms with Crippen LogP contribution in [0.2, 0.25) is 0 Å². The minimum Gasteiger partial charge on any atom is -0.339 e. The van der Waals surface area contributed by atoms with Crippen molar-refractivity contribution in [3.63, 3.8) is 0 Å². The molecule has 1 saturated heterocycles. The van der Waals surface area contributed by atoms with Crippen molar-refractivity contribution < 1.29 is 4.79 Å². The molecule has 1 heterocycles. The Morgan fingerprint density at radius 3 is 2.80 bits per heavy atom. The third-order valence-corrected chi connectivity index (χ3v) is 4.25. The second-order valence-electron chi connectivity index (χ2n) is 5.74. The minimum absolute atomic E-state index is 0.0105. The molecule has 20 heavy (non-hydrogen) atoms. The van der Waals surface area contributed by atoms with Crippen LogP contribution in [0.25, 0.3) is 0 Å². The molecule has 1 amide bonds. The predicted octanol–water partition coefficient (Wildman–Crippen LogP) is 2.60. The maximum atomic E-state index is 12.6. The predicted molar refractivity (Wildman–Crippen MR) is 82.3 cm³/mol. The molecule has 0 aromatic heterocycles. The zero-order valence-electron chi connectivity index (χ0n) is 12.4. The summed E-state index contributed by atoms with van der Waals surface area (Å²) in [6.07, 6.45) is 5.13. The normalized spacial score (nSPS) is 20.1. The van der Waals surface area contributed by atoms with Crippen LogP contribution in [0, 0.1) is 5.92 Å². The van der Waals surface area contributed by atoms with Crippen LogP contribution in [0.4, 0.5) is 0 Å². The molecule has 0 radical (unpaired) electrons. The summed E-state index contributed by atoms with van der Waals surface area (Å²) >= 11 is 0. The molecular weight excluding hydrogens is 248 g/mol. The molecule has 1 aliphatic heterocycles. The van der Waals surface area contributed by atoms with Gasteiger partial charge < -0.3 is 10.6 Å². The SMILES string of the molecule is CCCC(CN)C(=O)N1CCCC1Cc1ccccc1. The largest absolute Gasteiger partial charge is 0.339 e. The maximum absolute atomic E-state index is 12.6. The van der Waals surface area contributed by atoms with Crippen molar-refractivity contribution in [3.8, 4) is 0 Å². The Morgan fingerprint density at radius 2 is 2.15 bits per heavy atom. The van der Waals surface area contributed by atoms with E-state index in [9.17, 15) is 4.79 Å². The Kier molecular flexibility index (Phi) is 5.60. The molecule has 2 N–H and O–H groups in total. The standard InChI is InChI=1S/C17H26N2O/c1-2-7-15(13-18)17(20)19-11-6-10-16(19)12-14-8-4-3-5-9-14/h3-5,8-9,15-16H,2,6-7,10-13,18H2,1H3. The van der Waals surface area contributed by atoms with Gasteiger partial charge >= 0.3 is 0 Å². The van der Waals surface area contributed by atoms with Crippen molar-refractivity contribution in [1.82, 2.24) is 4.90 Å². The summed E-state index contributed by atoms with van der Waals surface area (Å²) in [5.41, 5.74) is 7.09. The molecule has 0 saturated carbocycles. The zero-order valence-corrected chi connectivity index (χ0v) is 12.4. The molecule has 2 atom stereocenters. The van der Waals surface area contributed by atoms with Crippen LogP contribution in [0.5, 0.6) is 0 Å². The Labute approximate surface area is 122 Å². The first-order chi connectivity index (χ1) is 9.76. The Morgan fingerprint density at radius 1 is 1.40 bits per heavy atom. The van der Waals surface area contributed by atoms with Gasteiger partial charge in [-0.2, -0.15) is 0 Å². The van der Waals surface area contributed by atoms with Gasteiger partial charge in [-0.15, -0.1) is 0 Å². The Bertz CT molecular complexity index is 418. The van der Waals surface area contributed by atoms with E-state index in [1.807, 2.05) is 6.07 Å². The molecular formula is C17H26N2O. The summed E-state index contributed by atoms with van der Waals surface area (Å²) in [4.78, 5) is 14.7. The van der Waals surface area contributed by atoms with Crippen LogP contribution in [-0.2, 0) is 11.2 Å². The number of hydrogen-bond donors (Lipinski definition) is 1. The van der Waals surface area contributed by atoms with Gasteiger partial charge in [0.15, 0.2) is 0 Å². The maximum Gasteiger partial charge on any atom is 0.227 e. The van der Waals surface area contributed by atoms with E-state index in [0.29, 0.717) is 12.6 Å². The van der Waals surface area contributed by atoms with Gasteiger partial charge in [0.2, 0.25) is 5.91 Å². The quantitative estimate of drug-likeness (QED) is 0.866. The van der Waals surface area contributed by atoms with Crippen LogP contribution in [0.1, 0.15) is 38.2 Å². The molecule has 3 nitrogen and oxygen atoms in total. The number of amides is 1. The Hall–Kier alpha value is -1.35. The van der Waals surface area contributed by atoms with Gasteiger partial charge in [0.1, 0.15) is 0 Å². The summed E-state index contributed by atoms with van der Waals surface area (Å²) in [7, 11) is 0. The van der Waals surface area contributed by atoms with Crippen molar-refractivity contribution >= 4 is 5.91 Å². The number of carbonyl (C=O) groups excluding carboxylic acids is 1. The van der Waals surface area contributed by atoms with Crippen molar-refractivity contribution in [3.05, 3.63) is 35.9 Å². The highest BCUT2D eigenvalue weighted by Gasteiger charge is 2.32. The number of hydrogen-bond acceptors (Lipinski definition) is 2. The lowest BCUT2D eigenvalue weighted by Gasteiger charge is -2.28. The van der Waals surface area contributed by atoms with E-state index >= 15 is 0 Å². The number of rotatable bonds is 6. The van der Waals surface area contributed by atoms with E-state index in [2.05, 4.69) is 36.1 Å². The molecule has 0 spiro atoms. The molecule has 0 aliphatic carbocycles. The Balaban J connectivity index is 2.01. The van der Waals surface area contributed by atoms with Crippen molar-refractivity contribution in [2.24, 2.45) is 11.7 Å². The second-order valence-corrected chi connectivity index (χ2v) is 5.74. The topological polar surface area (TPSA) is 46.3 Å². The summed E-state index contributed by atoms with van der Waals surface area (Å²) in [6, 6.07) is 10.8. The van der Waals surface area contributed by atoms with Gasteiger partial charge in [0.05, 0.1) is 5.92 Å². The van der Waals surface area contributed by atoms with Crippen molar-refractivity contribution in [1.29, 1.82) is 0 Å². The van der Waals surface area contributed by atoms with Crippen LogP contribution < -0.4 is 5.73 Å². The molecule has 1 aromatic rings. The zero-order chi connectivity index (χ0) is 14.4. The fourth-order valence-electron chi connectivity index (χ4n) is 3.15. The number of nitrogens with zero attached hydrogens (tertiary/aromatic N) is 1. The highest BCUT2D eigenvalue weighted by Crippen LogP contribution is 2.24. The van der Waals surface area contributed by atoms with E-state index < -0.39 is 0 Å². The summed E-state index contributed by atoms with van der Waals surface area (Å²) in [5, 5.41) is 0. The molecule has 2 unspecified atom stereocenters. The molecule has 3 heteroatoms. The van der Waals surface area contributed by atoms with E-state index in [4.69, 9.17) is 5.73 Å². The van der Waals surface area contributed by atoms with Crippen LogP contribution >= 0.6 is 0 Å². The summed E-state index contributed by atoms with van der Waals surface area (Å²) in [5.74, 6) is 0.282. The third-order valence-electron chi connectivity index (χ3n) is 4.25. The lowest BCUT2D eigenvalue weighted by atomic mass is 9.99. The molecule has 1 fully saturated rings. The lowest BCUT2D eigenvalue weighted by molar-refractivity contribution is -0.136. The number of benzene rings is 1. The summed E-state index contributed by atoms with van der Waals surface area (Å²) < 4.78 is 0. The van der Waals surface area contributed by atoms with E-state index in [-0.39, 0.29) is 11.8 Å².